The molecule has 1 saturated carbocycles. The van der Waals surface area contributed by atoms with Gasteiger partial charge in [0.2, 0.25) is 0 Å². The molecule has 114 valence electrons. The first-order valence-corrected chi connectivity index (χ1v) is 8.58. The van der Waals surface area contributed by atoms with Gasteiger partial charge < -0.3 is 10.1 Å². The minimum atomic E-state index is 0.259. The van der Waals surface area contributed by atoms with Crippen molar-refractivity contribution in [3.8, 4) is 0 Å². The summed E-state index contributed by atoms with van der Waals surface area (Å²) in [6, 6.07) is 9.73. The molecule has 2 heterocycles. The van der Waals surface area contributed by atoms with Gasteiger partial charge in [0.25, 0.3) is 0 Å². The third-order valence-electron chi connectivity index (χ3n) is 5.43. The van der Waals surface area contributed by atoms with Crippen molar-refractivity contribution < 1.29 is 4.74 Å². The van der Waals surface area contributed by atoms with Crippen LogP contribution >= 0.6 is 0 Å². The molecule has 0 radical (unpaired) electrons. The van der Waals surface area contributed by atoms with E-state index in [0.29, 0.717) is 6.10 Å². The molecule has 3 aliphatic rings. The van der Waals surface area contributed by atoms with Gasteiger partial charge in [-0.05, 0) is 43.4 Å². The summed E-state index contributed by atoms with van der Waals surface area (Å²) in [5, 5.41) is 3.42. The Bertz CT molecular complexity index is 480. The van der Waals surface area contributed by atoms with Crippen molar-refractivity contribution in [1.29, 1.82) is 0 Å². The molecule has 3 nitrogen and oxygen atoms in total. The molecule has 1 N–H and O–H groups in total. The molecule has 3 heteroatoms. The van der Waals surface area contributed by atoms with Crippen molar-refractivity contribution in [3.05, 3.63) is 35.4 Å². The maximum atomic E-state index is 6.50. The zero-order valence-electron chi connectivity index (χ0n) is 12.8. The second-order valence-electron chi connectivity index (χ2n) is 6.77. The maximum absolute atomic E-state index is 6.50. The fourth-order valence-corrected chi connectivity index (χ4v) is 3.92. The number of hydrogen-bond donors (Lipinski definition) is 1. The van der Waals surface area contributed by atoms with E-state index < -0.39 is 0 Å². The molecular weight excluding hydrogens is 260 g/mol. The Kier molecular flexibility index (Phi) is 3.97. The molecule has 2 fully saturated rings. The Labute approximate surface area is 127 Å². The average Bonchev–Trinajstić information content (AvgIpc) is 2.89. The highest BCUT2D eigenvalue weighted by Gasteiger charge is 2.32. The lowest BCUT2D eigenvalue weighted by atomic mass is 9.91. The van der Waals surface area contributed by atoms with Crippen LogP contribution in [0, 0.1) is 0 Å². The minimum absolute atomic E-state index is 0.259. The fraction of sp³-hybridized carbons (Fsp3) is 0.667. The smallest absolute Gasteiger partial charge is 0.0958 e. The first kappa shape index (κ1) is 13.7. The number of fused-ring (bicyclic) bond motifs is 1. The molecule has 1 aromatic carbocycles. The standard InChI is InChI=1S/C18H26N2O/c1-2-7-17-14(4-1)9-11-20(15-5-3-6-15)13-18(17)21-16-8-10-19-12-16/h1-2,4,7,15-16,18-19H,3,5-6,8-13H2/t16-,18?/m1/s1. The Balaban J connectivity index is 1.55. The molecule has 0 spiro atoms. The highest BCUT2D eigenvalue weighted by molar-refractivity contribution is 5.31. The molecule has 1 unspecified atom stereocenters. The van der Waals surface area contributed by atoms with Gasteiger partial charge in [-0.15, -0.1) is 0 Å². The van der Waals surface area contributed by atoms with E-state index in [2.05, 4.69) is 34.5 Å². The van der Waals surface area contributed by atoms with Gasteiger partial charge in [-0.25, -0.2) is 0 Å². The topological polar surface area (TPSA) is 24.5 Å². The van der Waals surface area contributed by atoms with Crippen LogP contribution in [0.3, 0.4) is 0 Å². The van der Waals surface area contributed by atoms with E-state index in [9.17, 15) is 0 Å². The lowest BCUT2D eigenvalue weighted by Crippen LogP contribution is -2.43. The van der Waals surface area contributed by atoms with E-state index in [-0.39, 0.29) is 6.10 Å². The molecule has 4 rings (SSSR count). The van der Waals surface area contributed by atoms with Gasteiger partial charge in [0.1, 0.15) is 0 Å². The number of benzene rings is 1. The third kappa shape index (κ3) is 2.87. The van der Waals surface area contributed by atoms with E-state index in [1.807, 2.05) is 0 Å². The summed E-state index contributed by atoms with van der Waals surface area (Å²) in [6.45, 7) is 4.40. The second kappa shape index (κ2) is 6.07. The summed E-state index contributed by atoms with van der Waals surface area (Å²) in [7, 11) is 0. The summed E-state index contributed by atoms with van der Waals surface area (Å²) >= 11 is 0. The maximum Gasteiger partial charge on any atom is 0.0958 e. The minimum Gasteiger partial charge on any atom is -0.368 e. The van der Waals surface area contributed by atoms with Crippen LogP contribution in [0.1, 0.15) is 42.9 Å². The van der Waals surface area contributed by atoms with Crippen LogP contribution in [-0.2, 0) is 11.2 Å². The average molecular weight is 286 g/mol. The molecule has 0 amide bonds. The zero-order valence-corrected chi connectivity index (χ0v) is 12.8. The summed E-state index contributed by atoms with van der Waals surface area (Å²) in [5.41, 5.74) is 2.93. The largest absolute Gasteiger partial charge is 0.368 e. The molecule has 0 bridgehead atoms. The second-order valence-corrected chi connectivity index (χ2v) is 6.77. The van der Waals surface area contributed by atoms with Crippen molar-refractivity contribution in [2.24, 2.45) is 0 Å². The molecule has 1 aromatic rings. The summed E-state index contributed by atoms with van der Waals surface area (Å²) in [6.07, 6.45) is 7.16. The van der Waals surface area contributed by atoms with Gasteiger partial charge in [-0.2, -0.15) is 0 Å². The van der Waals surface area contributed by atoms with Crippen molar-refractivity contribution in [1.82, 2.24) is 10.2 Å². The van der Waals surface area contributed by atoms with E-state index in [0.717, 1.165) is 32.1 Å². The Morgan fingerprint density at radius 3 is 2.81 bits per heavy atom. The molecular formula is C18H26N2O. The monoisotopic (exact) mass is 286 g/mol. The van der Waals surface area contributed by atoms with E-state index in [1.165, 1.54) is 43.4 Å². The van der Waals surface area contributed by atoms with Crippen molar-refractivity contribution in [2.75, 3.05) is 26.2 Å². The van der Waals surface area contributed by atoms with Crippen LogP contribution in [0.25, 0.3) is 0 Å². The van der Waals surface area contributed by atoms with Gasteiger partial charge in [0.15, 0.2) is 0 Å². The van der Waals surface area contributed by atoms with Gasteiger partial charge >= 0.3 is 0 Å². The molecule has 1 aliphatic carbocycles. The van der Waals surface area contributed by atoms with E-state index in [1.54, 1.807) is 0 Å². The molecule has 2 atom stereocenters. The van der Waals surface area contributed by atoms with Gasteiger partial charge in [0.05, 0.1) is 12.2 Å². The number of rotatable bonds is 3. The quantitative estimate of drug-likeness (QED) is 0.924. The number of nitrogens with one attached hydrogen (secondary N) is 1. The van der Waals surface area contributed by atoms with Crippen LogP contribution in [0.5, 0.6) is 0 Å². The van der Waals surface area contributed by atoms with Gasteiger partial charge in [0, 0.05) is 25.7 Å². The Hall–Kier alpha value is -0.900. The van der Waals surface area contributed by atoms with Crippen LogP contribution in [0.15, 0.2) is 24.3 Å². The molecule has 0 aromatic heterocycles. The lowest BCUT2D eigenvalue weighted by molar-refractivity contribution is -0.0312. The van der Waals surface area contributed by atoms with Crippen LogP contribution < -0.4 is 5.32 Å². The summed E-state index contributed by atoms with van der Waals surface area (Å²) in [5.74, 6) is 0. The SMILES string of the molecule is c1ccc2c(c1)CCN(C1CCC1)CC2O[C@@H]1CCNC1. The lowest BCUT2D eigenvalue weighted by Gasteiger charge is -2.38. The van der Waals surface area contributed by atoms with Crippen molar-refractivity contribution in [3.63, 3.8) is 0 Å². The van der Waals surface area contributed by atoms with Crippen LogP contribution in [0.2, 0.25) is 0 Å². The first-order valence-electron chi connectivity index (χ1n) is 8.58. The highest BCUT2D eigenvalue weighted by Crippen LogP contribution is 2.33. The first-order chi connectivity index (χ1) is 10.4. The zero-order chi connectivity index (χ0) is 14.1. The fourth-order valence-electron chi connectivity index (χ4n) is 3.92. The van der Waals surface area contributed by atoms with E-state index >= 15 is 0 Å². The number of hydrogen-bond acceptors (Lipinski definition) is 3. The van der Waals surface area contributed by atoms with Gasteiger partial charge in [-0.1, -0.05) is 30.7 Å². The van der Waals surface area contributed by atoms with Crippen LogP contribution in [-0.4, -0.2) is 43.2 Å². The predicted molar refractivity (Wildman–Crippen MR) is 84.5 cm³/mol. The predicted octanol–water partition coefficient (Wildman–Crippen LogP) is 2.52. The normalized spacial score (nSPS) is 30.7. The Morgan fingerprint density at radius 2 is 2.05 bits per heavy atom. The molecule has 1 saturated heterocycles. The number of ether oxygens (including phenoxy) is 1. The molecule has 2 aliphatic heterocycles. The molecule has 21 heavy (non-hydrogen) atoms. The van der Waals surface area contributed by atoms with Crippen molar-refractivity contribution in [2.45, 2.75) is 50.4 Å². The van der Waals surface area contributed by atoms with Gasteiger partial charge in [-0.3, -0.25) is 4.90 Å². The van der Waals surface area contributed by atoms with Crippen molar-refractivity contribution >= 4 is 0 Å². The van der Waals surface area contributed by atoms with Crippen LogP contribution in [0.4, 0.5) is 0 Å². The highest BCUT2D eigenvalue weighted by atomic mass is 16.5. The summed E-state index contributed by atoms with van der Waals surface area (Å²) < 4.78 is 6.50. The third-order valence-corrected chi connectivity index (χ3v) is 5.43. The summed E-state index contributed by atoms with van der Waals surface area (Å²) in [4.78, 5) is 2.69. The van der Waals surface area contributed by atoms with E-state index in [4.69, 9.17) is 4.74 Å². The Morgan fingerprint density at radius 1 is 1.14 bits per heavy atom. The number of nitrogens with zero attached hydrogens (tertiary/aromatic N) is 1.